The van der Waals surface area contributed by atoms with Crippen LogP contribution in [0.1, 0.15) is 24.2 Å². The van der Waals surface area contributed by atoms with E-state index in [4.69, 9.17) is 10.8 Å². The van der Waals surface area contributed by atoms with Crippen LogP contribution in [0.5, 0.6) is 0 Å². The van der Waals surface area contributed by atoms with Crippen LogP contribution >= 0.6 is 0 Å². The lowest BCUT2D eigenvalue weighted by molar-refractivity contribution is -0.119. The number of nitrogens with two attached hydrogens (primary N) is 1. The lowest BCUT2D eigenvalue weighted by atomic mass is 10.1. The highest BCUT2D eigenvalue weighted by Gasteiger charge is 2.11. The Kier molecular flexibility index (Phi) is 4.53. The minimum Gasteiger partial charge on any atom is -0.478 e. The molecule has 0 atom stereocenters. The van der Waals surface area contributed by atoms with Gasteiger partial charge in [0.25, 0.3) is 0 Å². The van der Waals surface area contributed by atoms with Crippen molar-refractivity contribution >= 4 is 23.3 Å². The molecule has 0 aromatic heterocycles. The van der Waals surface area contributed by atoms with Crippen molar-refractivity contribution in [1.29, 1.82) is 0 Å². The number of anilines is 2. The summed E-state index contributed by atoms with van der Waals surface area (Å²) in [7, 11) is 0. The third kappa shape index (κ3) is 3.97. The number of nitrogens with one attached hydrogen (secondary N) is 2. The van der Waals surface area contributed by atoms with Crippen molar-refractivity contribution in [1.82, 2.24) is 5.32 Å². The van der Waals surface area contributed by atoms with Crippen LogP contribution in [0.25, 0.3) is 0 Å². The van der Waals surface area contributed by atoms with Gasteiger partial charge in [-0.1, -0.05) is 0 Å². The van der Waals surface area contributed by atoms with Gasteiger partial charge >= 0.3 is 5.97 Å². The zero-order valence-corrected chi connectivity index (χ0v) is 10.4. The summed E-state index contributed by atoms with van der Waals surface area (Å²) >= 11 is 0. The quantitative estimate of drug-likeness (QED) is 0.582. The number of nitrogen functional groups attached to an aromatic ring is 1. The molecule has 0 saturated carbocycles. The Morgan fingerprint density at radius 1 is 1.39 bits per heavy atom. The van der Waals surface area contributed by atoms with Crippen LogP contribution in [-0.2, 0) is 4.79 Å². The van der Waals surface area contributed by atoms with Gasteiger partial charge in [-0.3, -0.25) is 4.79 Å². The van der Waals surface area contributed by atoms with E-state index in [1.54, 1.807) is 12.1 Å². The van der Waals surface area contributed by atoms with Crippen molar-refractivity contribution in [2.75, 3.05) is 17.6 Å². The second-order valence-corrected chi connectivity index (χ2v) is 4.19. The minimum absolute atomic E-state index is 0.0162. The first-order chi connectivity index (χ1) is 8.40. The van der Waals surface area contributed by atoms with E-state index in [-0.39, 0.29) is 24.1 Å². The average molecular weight is 251 g/mol. The number of carbonyl (C=O) groups is 2. The third-order valence-corrected chi connectivity index (χ3v) is 2.16. The molecule has 1 aromatic carbocycles. The summed E-state index contributed by atoms with van der Waals surface area (Å²) in [6.07, 6.45) is 0. The fraction of sp³-hybridized carbons (Fsp3) is 0.333. The van der Waals surface area contributed by atoms with Crippen molar-refractivity contribution in [3.05, 3.63) is 23.8 Å². The Balaban J connectivity index is 2.73. The first kappa shape index (κ1) is 13.8. The second-order valence-electron chi connectivity index (χ2n) is 4.19. The van der Waals surface area contributed by atoms with Gasteiger partial charge in [-0.25, -0.2) is 4.79 Å². The predicted molar refractivity (Wildman–Crippen MR) is 69.6 cm³/mol. The molecule has 0 spiro atoms. The maximum absolute atomic E-state index is 11.4. The monoisotopic (exact) mass is 251 g/mol. The van der Waals surface area contributed by atoms with Crippen molar-refractivity contribution in [2.24, 2.45) is 0 Å². The summed E-state index contributed by atoms with van der Waals surface area (Å²) < 4.78 is 0. The maximum Gasteiger partial charge on any atom is 0.337 e. The number of hydrogen-bond donors (Lipinski definition) is 4. The molecule has 0 saturated heterocycles. The lowest BCUT2D eigenvalue weighted by Gasteiger charge is -2.12. The first-order valence-corrected chi connectivity index (χ1v) is 5.56. The second kappa shape index (κ2) is 5.90. The zero-order valence-electron chi connectivity index (χ0n) is 10.4. The molecule has 6 heteroatoms. The van der Waals surface area contributed by atoms with Crippen molar-refractivity contribution in [3.63, 3.8) is 0 Å². The molecule has 0 fully saturated rings. The van der Waals surface area contributed by atoms with Crippen LogP contribution in [-0.4, -0.2) is 29.6 Å². The number of rotatable bonds is 5. The number of benzene rings is 1. The number of hydrogen-bond acceptors (Lipinski definition) is 4. The van der Waals surface area contributed by atoms with Crippen LogP contribution in [0.15, 0.2) is 18.2 Å². The van der Waals surface area contributed by atoms with Gasteiger partial charge in [0.15, 0.2) is 0 Å². The highest BCUT2D eigenvalue weighted by atomic mass is 16.4. The van der Waals surface area contributed by atoms with E-state index in [0.29, 0.717) is 11.4 Å². The summed E-state index contributed by atoms with van der Waals surface area (Å²) in [5.41, 5.74) is 6.30. The molecule has 0 aliphatic rings. The van der Waals surface area contributed by atoms with Crippen LogP contribution < -0.4 is 16.4 Å². The van der Waals surface area contributed by atoms with Gasteiger partial charge in [-0.15, -0.1) is 0 Å². The van der Waals surface area contributed by atoms with Gasteiger partial charge in [-0.2, -0.15) is 0 Å². The van der Waals surface area contributed by atoms with E-state index in [0.717, 1.165) is 0 Å². The fourth-order valence-electron chi connectivity index (χ4n) is 1.44. The normalized spacial score (nSPS) is 10.2. The van der Waals surface area contributed by atoms with Gasteiger partial charge in [0.05, 0.1) is 12.1 Å². The maximum atomic E-state index is 11.4. The molecule has 0 radical (unpaired) electrons. The summed E-state index contributed by atoms with van der Waals surface area (Å²) in [6.45, 7) is 3.72. The van der Waals surface area contributed by atoms with E-state index in [1.807, 2.05) is 13.8 Å². The number of amides is 1. The highest BCUT2D eigenvalue weighted by molar-refractivity contribution is 5.96. The third-order valence-electron chi connectivity index (χ3n) is 2.16. The van der Waals surface area contributed by atoms with Crippen LogP contribution in [0, 0.1) is 0 Å². The molecule has 6 nitrogen and oxygen atoms in total. The van der Waals surface area contributed by atoms with E-state index in [1.165, 1.54) is 6.07 Å². The van der Waals surface area contributed by atoms with Crippen molar-refractivity contribution in [3.8, 4) is 0 Å². The van der Waals surface area contributed by atoms with Crippen LogP contribution in [0.4, 0.5) is 11.4 Å². The summed E-state index contributed by atoms with van der Waals surface area (Å²) in [5, 5.41) is 14.5. The summed E-state index contributed by atoms with van der Waals surface area (Å²) in [5.74, 6) is -1.28. The Morgan fingerprint density at radius 3 is 2.61 bits per heavy atom. The Hall–Kier alpha value is -2.24. The van der Waals surface area contributed by atoms with E-state index in [9.17, 15) is 9.59 Å². The Bertz CT molecular complexity index is 458. The van der Waals surface area contributed by atoms with E-state index < -0.39 is 5.97 Å². The molecule has 0 aliphatic heterocycles. The Morgan fingerprint density at radius 2 is 2.06 bits per heavy atom. The molecule has 0 bridgehead atoms. The summed E-state index contributed by atoms with van der Waals surface area (Å²) in [6, 6.07) is 4.52. The standard InChI is InChI=1S/C12H17N3O3/c1-7(2)15-11(16)6-14-10-4-3-8(13)5-9(10)12(17)18/h3-5,7,14H,6,13H2,1-2H3,(H,15,16)(H,17,18). The number of carbonyl (C=O) groups excluding carboxylic acids is 1. The number of aromatic carboxylic acids is 1. The average Bonchev–Trinajstić information content (AvgIpc) is 2.26. The minimum atomic E-state index is -1.09. The summed E-state index contributed by atoms with van der Waals surface area (Å²) in [4.78, 5) is 22.4. The molecule has 0 aliphatic carbocycles. The SMILES string of the molecule is CC(C)NC(=O)CNc1ccc(N)cc1C(=O)O. The molecule has 98 valence electrons. The molecular weight excluding hydrogens is 234 g/mol. The van der Waals surface area contributed by atoms with E-state index >= 15 is 0 Å². The van der Waals surface area contributed by atoms with Crippen molar-refractivity contribution in [2.45, 2.75) is 19.9 Å². The Labute approximate surface area is 105 Å². The lowest BCUT2D eigenvalue weighted by Crippen LogP contribution is -2.35. The molecule has 18 heavy (non-hydrogen) atoms. The molecule has 1 aromatic rings. The molecule has 1 amide bonds. The molecular formula is C12H17N3O3. The van der Waals surface area contributed by atoms with Crippen LogP contribution in [0.3, 0.4) is 0 Å². The first-order valence-electron chi connectivity index (χ1n) is 5.56. The van der Waals surface area contributed by atoms with Crippen LogP contribution in [0.2, 0.25) is 0 Å². The van der Waals surface area contributed by atoms with Gasteiger partial charge in [0.2, 0.25) is 5.91 Å². The van der Waals surface area contributed by atoms with Gasteiger partial charge in [0.1, 0.15) is 0 Å². The van der Waals surface area contributed by atoms with Gasteiger partial charge in [0, 0.05) is 17.4 Å². The smallest absolute Gasteiger partial charge is 0.337 e. The number of carboxylic acids is 1. The fourth-order valence-corrected chi connectivity index (χ4v) is 1.44. The van der Waals surface area contributed by atoms with Gasteiger partial charge in [-0.05, 0) is 32.0 Å². The zero-order chi connectivity index (χ0) is 13.7. The highest BCUT2D eigenvalue weighted by Crippen LogP contribution is 2.18. The van der Waals surface area contributed by atoms with E-state index in [2.05, 4.69) is 10.6 Å². The molecule has 1 rings (SSSR count). The topological polar surface area (TPSA) is 104 Å². The molecule has 5 N–H and O–H groups in total. The molecule has 0 heterocycles. The predicted octanol–water partition coefficient (Wildman–Crippen LogP) is 0.903. The largest absolute Gasteiger partial charge is 0.478 e. The van der Waals surface area contributed by atoms with Crippen molar-refractivity contribution < 1.29 is 14.7 Å². The number of carboxylic acid groups (broad SMARTS) is 1. The van der Waals surface area contributed by atoms with Gasteiger partial charge < -0.3 is 21.5 Å². The molecule has 0 unspecified atom stereocenters.